The largest absolute Gasteiger partial charge is 0.465 e. The molecule has 5 nitrogen and oxygen atoms in total. The Labute approximate surface area is 106 Å². The SMILES string of the molecule is COC(=O)c1ccc(N)c(N2CCCC2CO)c1. The van der Waals surface area contributed by atoms with Crippen LogP contribution in [-0.4, -0.2) is 37.4 Å². The lowest BCUT2D eigenvalue weighted by Gasteiger charge is -2.26. The number of rotatable bonds is 3. The summed E-state index contributed by atoms with van der Waals surface area (Å²) < 4.78 is 4.70. The molecule has 0 radical (unpaired) electrons. The highest BCUT2D eigenvalue weighted by Gasteiger charge is 2.26. The first-order valence-corrected chi connectivity index (χ1v) is 6.02. The Morgan fingerprint density at radius 2 is 2.39 bits per heavy atom. The van der Waals surface area contributed by atoms with E-state index in [-0.39, 0.29) is 18.6 Å². The van der Waals surface area contributed by atoms with Crippen LogP contribution in [-0.2, 0) is 4.74 Å². The number of aliphatic hydroxyl groups excluding tert-OH is 1. The van der Waals surface area contributed by atoms with Crippen molar-refractivity contribution < 1.29 is 14.6 Å². The molecule has 1 atom stereocenters. The molecule has 1 aliphatic rings. The number of hydrogen-bond acceptors (Lipinski definition) is 5. The maximum Gasteiger partial charge on any atom is 0.337 e. The van der Waals surface area contributed by atoms with Crippen molar-refractivity contribution in [2.75, 3.05) is 30.9 Å². The molecule has 1 heterocycles. The monoisotopic (exact) mass is 250 g/mol. The van der Waals surface area contributed by atoms with E-state index >= 15 is 0 Å². The molecular weight excluding hydrogens is 232 g/mol. The molecule has 0 spiro atoms. The Kier molecular flexibility index (Phi) is 3.72. The van der Waals surface area contributed by atoms with Gasteiger partial charge in [-0.25, -0.2) is 4.79 Å². The smallest absolute Gasteiger partial charge is 0.337 e. The summed E-state index contributed by atoms with van der Waals surface area (Å²) in [6.45, 7) is 0.946. The second-order valence-corrected chi connectivity index (χ2v) is 4.44. The summed E-state index contributed by atoms with van der Waals surface area (Å²) in [5, 5.41) is 9.34. The number of anilines is 2. The van der Waals surface area contributed by atoms with Crippen molar-refractivity contribution in [2.45, 2.75) is 18.9 Å². The van der Waals surface area contributed by atoms with Gasteiger partial charge in [0.1, 0.15) is 0 Å². The molecule has 0 bridgehead atoms. The van der Waals surface area contributed by atoms with Crippen LogP contribution in [0, 0.1) is 0 Å². The van der Waals surface area contributed by atoms with Gasteiger partial charge in [0.15, 0.2) is 0 Å². The Morgan fingerprint density at radius 1 is 1.61 bits per heavy atom. The van der Waals surface area contributed by atoms with E-state index in [2.05, 4.69) is 4.90 Å². The van der Waals surface area contributed by atoms with Crippen LogP contribution in [0.15, 0.2) is 18.2 Å². The third-order valence-corrected chi connectivity index (χ3v) is 3.35. The number of ether oxygens (including phenoxy) is 1. The first-order valence-electron chi connectivity index (χ1n) is 6.02. The average molecular weight is 250 g/mol. The van der Waals surface area contributed by atoms with Crippen molar-refractivity contribution in [1.29, 1.82) is 0 Å². The van der Waals surface area contributed by atoms with E-state index in [1.165, 1.54) is 7.11 Å². The van der Waals surface area contributed by atoms with E-state index in [4.69, 9.17) is 10.5 Å². The fourth-order valence-electron chi connectivity index (χ4n) is 2.38. The third-order valence-electron chi connectivity index (χ3n) is 3.35. The molecule has 18 heavy (non-hydrogen) atoms. The van der Waals surface area contributed by atoms with E-state index in [0.717, 1.165) is 25.1 Å². The van der Waals surface area contributed by atoms with Crippen LogP contribution in [0.3, 0.4) is 0 Å². The highest BCUT2D eigenvalue weighted by Crippen LogP contribution is 2.31. The van der Waals surface area contributed by atoms with E-state index in [0.29, 0.717) is 11.3 Å². The first-order chi connectivity index (χ1) is 8.67. The molecule has 1 unspecified atom stereocenters. The van der Waals surface area contributed by atoms with Gasteiger partial charge in [0, 0.05) is 6.54 Å². The lowest BCUT2D eigenvalue weighted by atomic mass is 10.1. The van der Waals surface area contributed by atoms with Gasteiger partial charge in [0.05, 0.1) is 36.7 Å². The Morgan fingerprint density at radius 3 is 3.06 bits per heavy atom. The lowest BCUT2D eigenvalue weighted by Crippen LogP contribution is -2.32. The summed E-state index contributed by atoms with van der Waals surface area (Å²) in [4.78, 5) is 13.6. The second kappa shape index (κ2) is 5.27. The van der Waals surface area contributed by atoms with Gasteiger partial charge in [-0.2, -0.15) is 0 Å². The van der Waals surface area contributed by atoms with Crippen molar-refractivity contribution in [3.05, 3.63) is 23.8 Å². The van der Waals surface area contributed by atoms with Crippen LogP contribution in [0.25, 0.3) is 0 Å². The normalized spacial score (nSPS) is 19.0. The van der Waals surface area contributed by atoms with Gasteiger partial charge >= 0.3 is 5.97 Å². The number of hydrogen-bond donors (Lipinski definition) is 2. The number of methoxy groups -OCH3 is 1. The van der Waals surface area contributed by atoms with Gasteiger partial charge in [-0.1, -0.05) is 0 Å². The minimum absolute atomic E-state index is 0.0835. The van der Waals surface area contributed by atoms with E-state index in [9.17, 15) is 9.90 Å². The minimum Gasteiger partial charge on any atom is -0.465 e. The molecule has 0 aromatic heterocycles. The maximum atomic E-state index is 11.5. The molecule has 0 saturated carbocycles. The number of carbonyl (C=O) groups is 1. The van der Waals surface area contributed by atoms with Crippen LogP contribution in [0.1, 0.15) is 23.2 Å². The van der Waals surface area contributed by atoms with Crippen LogP contribution in [0.4, 0.5) is 11.4 Å². The maximum absolute atomic E-state index is 11.5. The zero-order valence-electron chi connectivity index (χ0n) is 10.4. The number of aliphatic hydroxyl groups is 1. The highest BCUT2D eigenvalue weighted by molar-refractivity contribution is 5.92. The number of nitrogen functional groups attached to an aromatic ring is 1. The number of benzene rings is 1. The van der Waals surface area contributed by atoms with Crippen molar-refractivity contribution in [3.63, 3.8) is 0 Å². The molecule has 5 heteroatoms. The average Bonchev–Trinajstić information content (AvgIpc) is 2.86. The molecule has 0 amide bonds. The predicted molar refractivity (Wildman–Crippen MR) is 69.6 cm³/mol. The van der Waals surface area contributed by atoms with Gasteiger partial charge < -0.3 is 20.5 Å². The molecule has 3 N–H and O–H groups in total. The minimum atomic E-state index is -0.379. The van der Waals surface area contributed by atoms with Gasteiger partial charge in [-0.3, -0.25) is 0 Å². The predicted octanol–water partition coefficient (Wildman–Crippen LogP) is 1.02. The summed E-state index contributed by atoms with van der Waals surface area (Å²) in [5.74, 6) is -0.379. The quantitative estimate of drug-likeness (QED) is 0.618. The topological polar surface area (TPSA) is 75.8 Å². The highest BCUT2D eigenvalue weighted by atomic mass is 16.5. The van der Waals surface area contributed by atoms with Gasteiger partial charge in [-0.05, 0) is 31.0 Å². The van der Waals surface area contributed by atoms with Gasteiger partial charge in [0.2, 0.25) is 0 Å². The van der Waals surface area contributed by atoms with Crippen LogP contribution in [0.2, 0.25) is 0 Å². The third kappa shape index (κ3) is 2.26. The second-order valence-electron chi connectivity index (χ2n) is 4.44. The lowest BCUT2D eigenvalue weighted by molar-refractivity contribution is 0.0601. The molecule has 0 aliphatic carbocycles. The Bertz CT molecular complexity index is 448. The van der Waals surface area contributed by atoms with Crippen molar-refractivity contribution in [1.82, 2.24) is 0 Å². The van der Waals surface area contributed by atoms with E-state index < -0.39 is 0 Å². The molecule has 1 aromatic carbocycles. The van der Waals surface area contributed by atoms with Crippen LogP contribution >= 0.6 is 0 Å². The first kappa shape index (κ1) is 12.7. The standard InChI is InChI=1S/C13H18N2O3/c1-18-13(17)9-4-5-11(14)12(7-9)15-6-2-3-10(15)8-16/h4-5,7,10,16H,2-3,6,8,14H2,1H3. The van der Waals surface area contributed by atoms with E-state index in [1.54, 1.807) is 18.2 Å². The zero-order chi connectivity index (χ0) is 13.1. The van der Waals surface area contributed by atoms with E-state index in [1.807, 2.05) is 0 Å². The van der Waals surface area contributed by atoms with Gasteiger partial charge in [-0.15, -0.1) is 0 Å². The molecule has 2 rings (SSSR count). The summed E-state index contributed by atoms with van der Waals surface area (Å²) in [6, 6.07) is 5.17. The zero-order valence-corrected chi connectivity index (χ0v) is 10.4. The number of nitrogens with two attached hydrogens (primary N) is 1. The Hall–Kier alpha value is -1.75. The molecular formula is C13H18N2O3. The van der Waals surface area contributed by atoms with Crippen molar-refractivity contribution in [3.8, 4) is 0 Å². The van der Waals surface area contributed by atoms with Crippen molar-refractivity contribution >= 4 is 17.3 Å². The number of esters is 1. The summed E-state index contributed by atoms with van der Waals surface area (Å²) in [7, 11) is 1.35. The number of nitrogens with zero attached hydrogens (tertiary/aromatic N) is 1. The van der Waals surface area contributed by atoms with Gasteiger partial charge in [0.25, 0.3) is 0 Å². The number of carbonyl (C=O) groups excluding carboxylic acids is 1. The van der Waals surface area contributed by atoms with Crippen LogP contribution in [0.5, 0.6) is 0 Å². The fourth-order valence-corrected chi connectivity index (χ4v) is 2.38. The van der Waals surface area contributed by atoms with Crippen LogP contribution < -0.4 is 10.6 Å². The Balaban J connectivity index is 2.34. The molecule has 1 aromatic rings. The molecule has 1 saturated heterocycles. The summed E-state index contributed by atoms with van der Waals surface area (Å²) in [6.07, 6.45) is 1.96. The molecule has 98 valence electrons. The van der Waals surface area contributed by atoms with Crippen molar-refractivity contribution in [2.24, 2.45) is 0 Å². The fraction of sp³-hybridized carbons (Fsp3) is 0.462. The molecule has 1 aliphatic heterocycles. The molecule has 1 fully saturated rings. The summed E-state index contributed by atoms with van der Waals surface area (Å²) in [5.41, 5.74) is 7.84. The summed E-state index contributed by atoms with van der Waals surface area (Å²) >= 11 is 0.